The number of hydrogen-bond donors (Lipinski definition) is 2. The number of nitrogens with one attached hydrogen (secondary N) is 1. The van der Waals surface area contributed by atoms with Crippen LogP contribution in [0.25, 0.3) is 0 Å². The van der Waals surface area contributed by atoms with Crippen LogP contribution in [-0.2, 0) is 10.0 Å². The van der Waals surface area contributed by atoms with Gasteiger partial charge in [-0.3, -0.25) is 4.79 Å². The molecule has 1 fully saturated rings. The fourth-order valence-corrected chi connectivity index (χ4v) is 4.11. The molecule has 0 aromatic carbocycles. The third-order valence-corrected chi connectivity index (χ3v) is 5.95. The van der Waals surface area contributed by atoms with Crippen molar-refractivity contribution in [2.24, 2.45) is 10.6 Å². The zero-order valence-electron chi connectivity index (χ0n) is 11.0. The third-order valence-electron chi connectivity index (χ3n) is 3.73. The topological polar surface area (TPSA) is 89.3 Å². The molecule has 0 spiro atoms. The van der Waals surface area contributed by atoms with E-state index in [1.54, 1.807) is 6.92 Å². The quantitative estimate of drug-likeness (QED) is 0.866. The van der Waals surface area contributed by atoms with E-state index in [0.29, 0.717) is 16.3 Å². The van der Waals surface area contributed by atoms with E-state index in [-0.39, 0.29) is 16.2 Å². The Labute approximate surface area is 117 Å². The molecule has 0 aliphatic heterocycles. The van der Waals surface area contributed by atoms with Gasteiger partial charge in [0.25, 0.3) is 5.91 Å². The second-order valence-corrected chi connectivity index (χ2v) is 7.90. The van der Waals surface area contributed by atoms with Crippen LogP contribution < -0.4 is 10.5 Å². The lowest BCUT2D eigenvalue weighted by Crippen LogP contribution is -2.29. The molecule has 0 bridgehead atoms. The number of carbonyl (C=O) groups is 1. The van der Waals surface area contributed by atoms with Crippen molar-refractivity contribution in [3.8, 4) is 0 Å². The Hall–Kier alpha value is -0.920. The molecule has 0 unspecified atom stereocenters. The summed E-state index contributed by atoms with van der Waals surface area (Å²) in [5, 5.41) is 7.97. The Morgan fingerprint density at radius 2 is 2.16 bits per heavy atom. The van der Waals surface area contributed by atoms with Crippen LogP contribution >= 0.6 is 11.3 Å². The van der Waals surface area contributed by atoms with Gasteiger partial charge in [0.1, 0.15) is 0 Å². The largest absolute Gasteiger partial charge is 0.351 e. The van der Waals surface area contributed by atoms with Crippen molar-refractivity contribution < 1.29 is 13.2 Å². The van der Waals surface area contributed by atoms with E-state index in [1.807, 2.05) is 0 Å². The first-order chi connectivity index (χ1) is 8.77. The predicted octanol–water partition coefficient (Wildman–Crippen LogP) is 1.62. The number of sulfonamides is 1. The van der Waals surface area contributed by atoms with Gasteiger partial charge in [0.15, 0.2) is 0 Å². The van der Waals surface area contributed by atoms with Gasteiger partial charge in [0.2, 0.25) is 10.0 Å². The summed E-state index contributed by atoms with van der Waals surface area (Å²) in [5.74, 6) is -0.220. The van der Waals surface area contributed by atoms with Gasteiger partial charge in [-0.2, -0.15) is 0 Å². The third kappa shape index (κ3) is 3.16. The fraction of sp³-hybridized carbons (Fsp3) is 0.583. The molecule has 7 heteroatoms. The van der Waals surface area contributed by atoms with Gasteiger partial charge in [-0.25, -0.2) is 13.6 Å². The molecule has 0 saturated heterocycles. The Kier molecular flexibility index (Phi) is 3.72. The minimum absolute atomic E-state index is 0.0410. The van der Waals surface area contributed by atoms with Crippen molar-refractivity contribution >= 4 is 27.3 Å². The van der Waals surface area contributed by atoms with E-state index >= 15 is 0 Å². The van der Waals surface area contributed by atoms with Gasteiger partial charge in [-0.15, -0.1) is 11.3 Å². The summed E-state index contributed by atoms with van der Waals surface area (Å²) in [6, 6.07) is 1.36. The molecule has 1 saturated carbocycles. The number of aryl methyl sites for hydroxylation is 1. The minimum atomic E-state index is -3.75. The Morgan fingerprint density at radius 1 is 1.53 bits per heavy atom. The second kappa shape index (κ2) is 4.88. The molecule has 0 atom stereocenters. The molecule has 1 amide bonds. The maximum atomic E-state index is 12.0. The first kappa shape index (κ1) is 14.5. The molecule has 3 N–H and O–H groups in total. The van der Waals surface area contributed by atoms with E-state index in [1.165, 1.54) is 6.07 Å². The van der Waals surface area contributed by atoms with E-state index in [4.69, 9.17) is 5.14 Å². The Bertz CT molecular complexity index is 600. The normalized spacial score (nSPS) is 17.2. The summed E-state index contributed by atoms with van der Waals surface area (Å²) in [4.78, 5) is 13.0. The monoisotopic (exact) mass is 302 g/mol. The highest BCUT2D eigenvalue weighted by Gasteiger charge is 2.40. The highest BCUT2D eigenvalue weighted by atomic mass is 32.2. The van der Waals surface area contributed by atoms with Crippen LogP contribution in [0.2, 0.25) is 0 Å². The number of nitrogens with two attached hydrogens (primary N) is 1. The van der Waals surface area contributed by atoms with Crippen molar-refractivity contribution in [3.05, 3.63) is 15.8 Å². The number of primary sulfonamides is 1. The number of amides is 1. The fourth-order valence-electron chi connectivity index (χ4n) is 2.05. The zero-order valence-corrected chi connectivity index (χ0v) is 12.7. The average Bonchev–Trinajstić information content (AvgIpc) is 3.00. The van der Waals surface area contributed by atoms with Crippen molar-refractivity contribution in [2.75, 3.05) is 6.54 Å². The summed E-state index contributed by atoms with van der Waals surface area (Å²) in [6.45, 7) is 4.42. The molecule has 1 aliphatic carbocycles. The summed E-state index contributed by atoms with van der Waals surface area (Å²) < 4.78 is 22.6. The molecule has 1 aliphatic rings. The molecule has 1 heterocycles. The minimum Gasteiger partial charge on any atom is -0.351 e. The standard InChI is InChI=1S/C12H18N2O3S2/c1-3-12(4-5-12)7-14-11(15)9-6-10(8(2)18-9)19(13,16)17/h6H,3-5,7H2,1-2H3,(H,14,15)(H2,13,16,17). The highest BCUT2D eigenvalue weighted by Crippen LogP contribution is 2.47. The lowest BCUT2D eigenvalue weighted by molar-refractivity contribution is 0.0948. The number of thiophene rings is 1. The van der Waals surface area contributed by atoms with Crippen LogP contribution in [0.5, 0.6) is 0 Å². The molecular weight excluding hydrogens is 284 g/mol. The molecule has 2 rings (SSSR count). The Morgan fingerprint density at radius 3 is 2.58 bits per heavy atom. The van der Waals surface area contributed by atoms with Crippen LogP contribution in [-0.4, -0.2) is 20.9 Å². The van der Waals surface area contributed by atoms with Crippen molar-refractivity contribution in [1.29, 1.82) is 0 Å². The lowest BCUT2D eigenvalue weighted by atomic mass is 10.0. The van der Waals surface area contributed by atoms with Gasteiger partial charge in [-0.1, -0.05) is 6.92 Å². The summed E-state index contributed by atoms with van der Waals surface area (Å²) in [7, 11) is -3.75. The molecule has 1 aromatic heterocycles. The number of hydrogen-bond acceptors (Lipinski definition) is 4. The highest BCUT2D eigenvalue weighted by molar-refractivity contribution is 7.89. The molecule has 1 aromatic rings. The van der Waals surface area contributed by atoms with E-state index < -0.39 is 10.0 Å². The van der Waals surface area contributed by atoms with E-state index in [9.17, 15) is 13.2 Å². The van der Waals surface area contributed by atoms with Crippen molar-refractivity contribution in [2.45, 2.75) is 38.0 Å². The maximum Gasteiger partial charge on any atom is 0.261 e. The predicted molar refractivity (Wildman–Crippen MR) is 74.7 cm³/mol. The SMILES string of the molecule is CCC1(CNC(=O)c2cc(S(N)(=O)=O)c(C)s2)CC1. The molecule has 106 valence electrons. The van der Waals surface area contributed by atoms with Crippen molar-refractivity contribution in [1.82, 2.24) is 5.32 Å². The zero-order chi connectivity index (χ0) is 14.3. The van der Waals surface area contributed by atoms with Crippen LogP contribution in [0.15, 0.2) is 11.0 Å². The van der Waals surface area contributed by atoms with Gasteiger partial charge in [0.05, 0.1) is 9.77 Å². The maximum absolute atomic E-state index is 12.0. The lowest BCUT2D eigenvalue weighted by Gasteiger charge is -2.12. The first-order valence-corrected chi connectivity index (χ1v) is 8.55. The smallest absolute Gasteiger partial charge is 0.261 e. The Balaban J connectivity index is 2.08. The molecule has 5 nitrogen and oxygen atoms in total. The first-order valence-electron chi connectivity index (χ1n) is 6.19. The second-order valence-electron chi connectivity index (χ2n) is 5.11. The number of carbonyl (C=O) groups excluding carboxylic acids is 1. The molecule has 19 heavy (non-hydrogen) atoms. The van der Waals surface area contributed by atoms with Crippen LogP contribution in [0.4, 0.5) is 0 Å². The van der Waals surface area contributed by atoms with Crippen LogP contribution in [0.3, 0.4) is 0 Å². The van der Waals surface area contributed by atoms with Crippen LogP contribution in [0, 0.1) is 12.3 Å². The van der Waals surface area contributed by atoms with Gasteiger partial charge < -0.3 is 5.32 Å². The van der Waals surface area contributed by atoms with E-state index in [2.05, 4.69) is 12.2 Å². The summed E-state index contributed by atoms with van der Waals surface area (Å²) >= 11 is 1.16. The summed E-state index contributed by atoms with van der Waals surface area (Å²) in [5.41, 5.74) is 0.269. The average molecular weight is 302 g/mol. The van der Waals surface area contributed by atoms with Gasteiger partial charge in [-0.05, 0) is 37.7 Å². The number of rotatable bonds is 5. The van der Waals surface area contributed by atoms with Crippen LogP contribution in [0.1, 0.15) is 40.7 Å². The molecule has 0 radical (unpaired) electrons. The molecular formula is C12H18N2O3S2. The van der Waals surface area contributed by atoms with E-state index in [0.717, 1.165) is 30.6 Å². The summed E-state index contributed by atoms with van der Waals surface area (Å²) in [6.07, 6.45) is 3.35. The van der Waals surface area contributed by atoms with Gasteiger partial charge >= 0.3 is 0 Å². The van der Waals surface area contributed by atoms with Gasteiger partial charge in [0, 0.05) is 11.4 Å². The van der Waals surface area contributed by atoms with Crippen molar-refractivity contribution in [3.63, 3.8) is 0 Å².